The molecule has 0 aromatic heterocycles. The number of nitrogens with zero attached hydrogens (tertiary/aromatic N) is 1. The van der Waals surface area contributed by atoms with Gasteiger partial charge in [0.15, 0.2) is 0 Å². The van der Waals surface area contributed by atoms with Crippen molar-refractivity contribution in [1.82, 2.24) is 5.32 Å². The lowest BCUT2D eigenvalue weighted by molar-refractivity contribution is -0.114. The van der Waals surface area contributed by atoms with Crippen LogP contribution in [0.15, 0.2) is 82.6 Å². The maximum atomic E-state index is 13.6. The molecule has 184 valence electrons. The van der Waals surface area contributed by atoms with Gasteiger partial charge in [-0.25, -0.2) is 0 Å². The van der Waals surface area contributed by atoms with Gasteiger partial charge in [-0.05, 0) is 67.2 Å². The highest BCUT2D eigenvalue weighted by Gasteiger charge is 2.29. The first kappa shape index (κ1) is 24.4. The molecule has 0 bridgehead atoms. The monoisotopic (exact) mass is 496 g/mol. The molecular formula is C31H32N2O2S. The van der Waals surface area contributed by atoms with E-state index in [1.807, 2.05) is 53.4 Å². The van der Waals surface area contributed by atoms with E-state index in [4.69, 9.17) is 0 Å². The molecule has 1 aliphatic carbocycles. The summed E-state index contributed by atoms with van der Waals surface area (Å²) in [4.78, 5) is 30.0. The molecule has 1 saturated carbocycles. The molecule has 2 amide bonds. The van der Waals surface area contributed by atoms with Crippen molar-refractivity contribution >= 4 is 35.3 Å². The number of hydrogen-bond donors (Lipinski definition) is 1. The molecule has 4 nitrogen and oxygen atoms in total. The smallest absolute Gasteiger partial charge is 0.265 e. The van der Waals surface area contributed by atoms with Crippen molar-refractivity contribution in [1.29, 1.82) is 0 Å². The molecule has 3 aromatic rings. The number of thioether (sulfide) groups is 1. The number of hydrogen-bond acceptors (Lipinski definition) is 3. The Morgan fingerprint density at radius 1 is 1.00 bits per heavy atom. The summed E-state index contributed by atoms with van der Waals surface area (Å²) in [5, 5.41) is 3.22. The van der Waals surface area contributed by atoms with Crippen LogP contribution in [0.4, 0.5) is 5.69 Å². The zero-order valence-corrected chi connectivity index (χ0v) is 21.7. The van der Waals surface area contributed by atoms with E-state index in [1.54, 1.807) is 0 Å². The normalized spacial score (nSPS) is 20.8. The molecule has 1 aliphatic heterocycles. The second-order valence-corrected chi connectivity index (χ2v) is 11.0. The summed E-state index contributed by atoms with van der Waals surface area (Å²) in [6, 6.07) is 24.2. The van der Waals surface area contributed by atoms with Gasteiger partial charge in [0, 0.05) is 16.5 Å². The van der Waals surface area contributed by atoms with Crippen LogP contribution in [0.1, 0.15) is 59.7 Å². The highest BCUT2D eigenvalue weighted by atomic mass is 32.2. The van der Waals surface area contributed by atoms with Crippen molar-refractivity contribution in [2.24, 2.45) is 5.92 Å². The van der Waals surface area contributed by atoms with Crippen LogP contribution in [0, 0.1) is 12.8 Å². The molecule has 3 aromatic carbocycles. The van der Waals surface area contributed by atoms with Gasteiger partial charge in [-0.3, -0.25) is 9.59 Å². The Hall–Kier alpha value is -3.31. The van der Waals surface area contributed by atoms with Gasteiger partial charge in [0.2, 0.25) is 0 Å². The molecule has 1 N–H and O–H groups in total. The van der Waals surface area contributed by atoms with Gasteiger partial charge in [0.05, 0.1) is 17.1 Å². The second kappa shape index (κ2) is 10.8. The first-order valence-electron chi connectivity index (χ1n) is 12.7. The van der Waals surface area contributed by atoms with Crippen molar-refractivity contribution in [3.63, 3.8) is 0 Å². The van der Waals surface area contributed by atoms with E-state index in [-0.39, 0.29) is 17.9 Å². The summed E-state index contributed by atoms with van der Waals surface area (Å²) in [7, 11) is 0. The minimum absolute atomic E-state index is 0.00705. The Morgan fingerprint density at radius 3 is 2.47 bits per heavy atom. The molecule has 0 saturated heterocycles. The zero-order chi connectivity index (χ0) is 25.1. The molecule has 0 spiro atoms. The number of rotatable bonds is 5. The Kier molecular flexibility index (Phi) is 7.28. The van der Waals surface area contributed by atoms with E-state index >= 15 is 0 Å². The van der Waals surface area contributed by atoms with Crippen molar-refractivity contribution in [2.75, 3.05) is 4.90 Å². The van der Waals surface area contributed by atoms with E-state index in [0.29, 0.717) is 22.9 Å². The van der Waals surface area contributed by atoms with E-state index in [0.717, 1.165) is 28.1 Å². The van der Waals surface area contributed by atoms with Crippen LogP contribution < -0.4 is 10.2 Å². The third-order valence-electron chi connectivity index (χ3n) is 7.19. The summed E-state index contributed by atoms with van der Waals surface area (Å²) in [6.07, 6.45) is 6.58. The predicted molar refractivity (Wildman–Crippen MR) is 148 cm³/mol. The fourth-order valence-electron chi connectivity index (χ4n) is 4.96. The summed E-state index contributed by atoms with van der Waals surface area (Å²) < 4.78 is 0. The number of para-hydroxylation sites is 1. The number of carbonyl (C=O) groups is 2. The lowest BCUT2D eigenvalue weighted by Gasteiger charge is -2.30. The van der Waals surface area contributed by atoms with Gasteiger partial charge in [-0.2, -0.15) is 0 Å². The van der Waals surface area contributed by atoms with Gasteiger partial charge >= 0.3 is 0 Å². The van der Waals surface area contributed by atoms with Crippen molar-refractivity contribution in [3.8, 4) is 0 Å². The average Bonchev–Trinajstić information content (AvgIpc) is 2.89. The van der Waals surface area contributed by atoms with Crippen LogP contribution in [0.3, 0.4) is 0 Å². The summed E-state index contributed by atoms with van der Waals surface area (Å²) in [6.45, 7) is 4.80. The van der Waals surface area contributed by atoms with E-state index < -0.39 is 0 Å². The van der Waals surface area contributed by atoms with E-state index in [2.05, 4.69) is 49.5 Å². The minimum Gasteiger partial charge on any atom is -0.349 e. The highest BCUT2D eigenvalue weighted by Crippen LogP contribution is 2.42. The topological polar surface area (TPSA) is 49.4 Å². The van der Waals surface area contributed by atoms with Gasteiger partial charge in [0.25, 0.3) is 11.8 Å². The molecule has 1 fully saturated rings. The third-order valence-corrected chi connectivity index (χ3v) is 8.27. The summed E-state index contributed by atoms with van der Waals surface area (Å²) in [5.41, 5.74) is 4.80. The largest absolute Gasteiger partial charge is 0.349 e. The Bertz CT molecular complexity index is 1280. The molecule has 0 unspecified atom stereocenters. The number of nitrogens with one attached hydrogen (secondary N) is 1. The standard InChI is InChI=1S/C31H32N2O2S/c1-21-11-13-24(14-12-21)20-33-27-9-5-6-10-28(27)36-29(31(33)35)19-23-15-17-25(18-16-23)30(34)32-26-8-4-3-7-22(26)2/h5-6,9-19,22,26H,3-4,7-8,20H2,1-2H3,(H,32,34)/b29-19+/t22-,26-/m0/s1. The number of aryl methyl sites for hydroxylation is 1. The minimum atomic E-state index is -0.0192. The average molecular weight is 497 g/mol. The quantitative estimate of drug-likeness (QED) is 0.388. The molecule has 5 heteroatoms. The number of benzene rings is 3. The third kappa shape index (κ3) is 5.41. The Labute approximate surface area is 217 Å². The molecule has 2 aliphatic rings. The molecule has 1 heterocycles. The van der Waals surface area contributed by atoms with E-state index in [9.17, 15) is 9.59 Å². The number of fused-ring (bicyclic) bond motifs is 1. The van der Waals surface area contributed by atoms with Crippen molar-refractivity contribution in [2.45, 2.75) is 57.0 Å². The van der Waals surface area contributed by atoms with Gasteiger partial charge < -0.3 is 10.2 Å². The maximum absolute atomic E-state index is 13.6. The van der Waals surface area contributed by atoms with Crippen molar-refractivity contribution < 1.29 is 9.59 Å². The van der Waals surface area contributed by atoms with Crippen LogP contribution in [-0.2, 0) is 11.3 Å². The van der Waals surface area contributed by atoms with Crippen LogP contribution in [-0.4, -0.2) is 17.9 Å². The molecule has 36 heavy (non-hydrogen) atoms. The predicted octanol–water partition coefficient (Wildman–Crippen LogP) is 6.98. The SMILES string of the molecule is Cc1ccc(CN2C(=O)/C(=C\c3ccc(C(=O)N[C@H]4CCCC[C@@H]4C)cc3)Sc3ccccc32)cc1. The lowest BCUT2D eigenvalue weighted by Crippen LogP contribution is -2.41. The second-order valence-electron chi connectivity index (χ2n) is 9.92. The van der Waals surface area contributed by atoms with Crippen LogP contribution in [0.25, 0.3) is 6.08 Å². The van der Waals surface area contributed by atoms with Gasteiger partial charge in [0.1, 0.15) is 0 Å². The fourth-order valence-corrected chi connectivity index (χ4v) is 6.02. The van der Waals surface area contributed by atoms with E-state index in [1.165, 1.54) is 36.6 Å². The molecule has 0 radical (unpaired) electrons. The molecule has 5 rings (SSSR count). The first-order chi connectivity index (χ1) is 17.5. The lowest BCUT2D eigenvalue weighted by atomic mass is 9.86. The van der Waals surface area contributed by atoms with Crippen LogP contribution in [0.5, 0.6) is 0 Å². The summed E-state index contributed by atoms with van der Waals surface area (Å²) in [5.74, 6) is 0.494. The zero-order valence-electron chi connectivity index (χ0n) is 20.9. The van der Waals surface area contributed by atoms with Crippen LogP contribution in [0.2, 0.25) is 0 Å². The number of carbonyl (C=O) groups excluding carboxylic acids is 2. The summed E-state index contributed by atoms with van der Waals surface area (Å²) >= 11 is 1.50. The molecular weight excluding hydrogens is 464 g/mol. The number of anilines is 1. The maximum Gasteiger partial charge on any atom is 0.265 e. The number of amides is 2. The fraction of sp³-hybridized carbons (Fsp3) is 0.290. The Morgan fingerprint density at radius 2 is 1.72 bits per heavy atom. The Balaban J connectivity index is 1.35. The first-order valence-corrected chi connectivity index (χ1v) is 13.6. The molecule has 2 atom stereocenters. The van der Waals surface area contributed by atoms with Crippen molar-refractivity contribution in [3.05, 3.63) is 100.0 Å². The van der Waals surface area contributed by atoms with Gasteiger partial charge in [-0.1, -0.05) is 85.6 Å². The van der Waals surface area contributed by atoms with Crippen LogP contribution >= 0.6 is 11.8 Å². The highest BCUT2D eigenvalue weighted by molar-refractivity contribution is 8.04. The van der Waals surface area contributed by atoms with Gasteiger partial charge in [-0.15, -0.1) is 0 Å².